The number of aromatic nitrogens is 2. The zero-order valence-corrected chi connectivity index (χ0v) is 12.5. The Kier molecular flexibility index (Phi) is 4.02. The highest BCUT2D eigenvalue weighted by Gasteiger charge is 2.23. The number of hydrogen-bond acceptors (Lipinski definition) is 6. The monoisotopic (exact) mass is 301 g/mol. The van der Waals surface area contributed by atoms with Crippen LogP contribution in [0, 0.1) is 0 Å². The molecule has 0 atom stereocenters. The van der Waals surface area contributed by atoms with Crippen molar-refractivity contribution in [2.24, 2.45) is 0 Å². The van der Waals surface area contributed by atoms with Crippen molar-refractivity contribution in [3.63, 3.8) is 0 Å². The van der Waals surface area contributed by atoms with Crippen LogP contribution in [0.25, 0.3) is 10.7 Å². The maximum absolute atomic E-state index is 11.7. The van der Waals surface area contributed by atoms with E-state index in [0.29, 0.717) is 11.7 Å². The molecule has 0 aliphatic rings. The van der Waals surface area contributed by atoms with Crippen molar-refractivity contribution in [1.29, 1.82) is 0 Å². The standard InChI is InChI=1S/C11H15N3O3S2/c1-8(2)14(19(3,15)16)7-10-12-11(13-17-10)9-5-4-6-18-9/h4-6,8H,7H2,1-3H3. The van der Waals surface area contributed by atoms with Gasteiger partial charge in [0.1, 0.15) is 0 Å². The summed E-state index contributed by atoms with van der Waals surface area (Å²) in [5.41, 5.74) is 0. The molecule has 0 unspecified atom stereocenters. The van der Waals surface area contributed by atoms with Gasteiger partial charge in [0.2, 0.25) is 21.7 Å². The molecular formula is C11H15N3O3S2. The fraction of sp³-hybridized carbons (Fsp3) is 0.455. The van der Waals surface area contributed by atoms with Crippen molar-refractivity contribution in [1.82, 2.24) is 14.4 Å². The summed E-state index contributed by atoms with van der Waals surface area (Å²) in [6.07, 6.45) is 1.17. The van der Waals surface area contributed by atoms with E-state index in [1.807, 2.05) is 17.5 Å². The SMILES string of the molecule is CC(C)N(Cc1nc(-c2cccs2)no1)S(C)(=O)=O. The maximum Gasteiger partial charge on any atom is 0.242 e. The minimum Gasteiger partial charge on any atom is -0.337 e. The Bertz CT molecular complexity index is 632. The molecule has 0 amide bonds. The van der Waals surface area contributed by atoms with Crippen LogP contribution < -0.4 is 0 Å². The van der Waals surface area contributed by atoms with Gasteiger partial charge >= 0.3 is 0 Å². The molecule has 0 bridgehead atoms. The van der Waals surface area contributed by atoms with E-state index in [4.69, 9.17) is 4.52 Å². The second-order valence-corrected chi connectivity index (χ2v) is 7.27. The molecule has 0 radical (unpaired) electrons. The van der Waals surface area contributed by atoms with Crippen molar-refractivity contribution in [2.45, 2.75) is 26.4 Å². The lowest BCUT2D eigenvalue weighted by Crippen LogP contribution is -2.35. The fourth-order valence-corrected chi connectivity index (χ4v) is 3.40. The molecule has 8 heteroatoms. The molecule has 0 fully saturated rings. The summed E-state index contributed by atoms with van der Waals surface area (Å²) in [6.45, 7) is 3.70. The van der Waals surface area contributed by atoms with Crippen molar-refractivity contribution in [3.05, 3.63) is 23.4 Å². The molecule has 0 spiro atoms. The van der Waals surface area contributed by atoms with Crippen LogP contribution in [0.1, 0.15) is 19.7 Å². The van der Waals surface area contributed by atoms with Crippen molar-refractivity contribution < 1.29 is 12.9 Å². The number of sulfonamides is 1. The molecule has 0 saturated heterocycles. The fourth-order valence-electron chi connectivity index (χ4n) is 1.64. The largest absolute Gasteiger partial charge is 0.337 e. The van der Waals surface area contributed by atoms with Crippen LogP contribution in [-0.2, 0) is 16.6 Å². The Morgan fingerprint density at radius 2 is 2.21 bits per heavy atom. The van der Waals surface area contributed by atoms with Gasteiger partial charge in [-0.25, -0.2) is 8.42 Å². The van der Waals surface area contributed by atoms with Crippen molar-refractivity contribution in [2.75, 3.05) is 6.26 Å². The molecule has 0 aliphatic heterocycles. The number of rotatable bonds is 5. The Labute approximate surface area is 116 Å². The van der Waals surface area contributed by atoms with Crippen LogP contribution in [0.3, 0.4) is 0 Å². The van der Waals surface area contributed by atoms with Gasteiger partial charge in [-0.15, -0.1) is 11.3 Å². The maximum atomic E-state index is 11.7. The van der Waals surface area contributed by atoms with Gasteiger partial charge in [-0.1, -0.05) is 11.2 Å². The first-order valence-electron chi connectivity index (χ1n) is 5.71. The van der Waals surface area contributed by atoms with Crippen LogP contribution in [0.15, 0.2) is 22.0 Å². The minimum absolute atomic E-state index is 0.0921. The highest BCUT2D eigenvalue weighted by atomic mass is 32.2. The van der Waals surface area contributed by atoms with Gasteiger partial charge < -0.3 is 4.52 Å². The van der Waals surface area contributed by atoms with Crippen LogP contribution >= 0.6 is 11.3 Å². The van der Waals surface area contributed by atoms with Gasteiger partial charge in [-0.3, -0.25) is 0 Å². The first-order chi connectivity index (χ1) is 8.88. The minimum atomic E-state index is -3.30. The smallest absolute Gasteiger partial charge is 0.242 e. The molecule has 19 heavy (non-hydrogen) atoms. The van der Waals surface area contributed by atoms with E-state index >= 15 is 0 Å². The van der Waals surface area contributed by atoms with Gasteiger partial charge in [-0.2, -0.15) is 9.29 Å². The average Bonchev–Trinajstić information content (AvgIpc) is 2.94. The summed E-state index contributed by atoms with van der Waals surface area (Å²) in [5, 5.41) is 5.77. The summed E-state index contributed by atoms with van der Waals surface area (Å²) < 4.78 is 29.7. The van der Waals surface area contributed by atoms with E-state index < -0.39 is 10.0 Å². The van der Waals surface area contributed by atoms with E-state index in [0.717, 1.165) is 4.88 Å². The molecule has 2 heterocycles. The quantitative estimate of drug-likeness (QED) is 0.844. The third kappa shape index (κ3) is 3.40. The topological polar surface area (TPSA) is 76.3 Å². The summed E-state index contributed by atoms with van der Waals surface area (Å²) >= 11 is 1.50. The lowest BCUT2D eigenvalue weighted by molar-refractivity contribution is 0.288. The van der Waals surface area contributed by atoms with Crippen LogP contribution in [0.4, 0.5) is 0 Å². The second kappa shape index (κ2) is 5.40. The van der Waals surface area contributed by atoms with Gasteiger partial charge in [0.05, 0.1) is 17.7 Å². The average molecular weight is 301 g/mol. The zero-order valence-electron chi connectivity index (χ0n) is 10.9. The van der Waals surface area contributed by atoms with E-state index in [1.54, 1.807) is 13.8 Å². The third-order valence-corrected chi connectivity index (χ3v) is 4.77. The Balaban J connectivity index is 2.20. The third-order valence-electron chi connectivity index (χ3n) is 2.50. The molecule has 2 aromatic heterocycles. The predicted molar refractivity (Wildman–Crippen MR) is 73.1 cm³/mol. The first-order valence-corrected chi connectivity index (χ1v) is 8.44. The highest BCUT2D eigenvalue weighted by Crippen LogP contribution is 2.22. The molecule has 104 valence electrons. The van der Waals surface area contributed by atoms with Gasteiger partial charge in [0, 0.05) is 6.04 Å². The zero-order chi connectivity index (χ0) is 14.0. The summed E-state index contributed by atoms with van der Waals surface area (Å²) in [4.78, 5) is 5.11. The second-order valence-electron chi connectivity index (χ2n) is 4.39. The van der Waals surface area contributed by atoms with Crippen LogP contribution in [0.5, 0.6) is 0 Å². The number of nitrogens with zero attached hydrogens (tertiary/aromatic N) is 3. The molecule has 0 N–H and O–H groups in total. The van der Waals surface area contributed by atoms with Gasteiger partial charge in [-0.05, 0) is 25.3 Å². The van der Waals surface area contributed by atoms with Crippen LogP contribution in [-0.4, -0.2) is 35.2 Å². The van der Waals surface area contributed by atoms with E-state index in [1.165, 1.54) is 21.9 Å². The van der Waals surface area contributed by atoms with E-state index in [-0.39, 0.29) is 12.6 Å². The molecule has 0 saturated carbocycles. The molecule has 6 nitrogen and oxygen atoms in total. The Hall–Kier alpha value is -1.25. The summed E-state index contributed by atoms with van der Waals surface area (Å²) in [6, 6.07) is 3.62. The Morgan fingerprint density at radius 1 is 1.47 bits per heavy atom. The van der Waals surface area contributed by atoms with Crippen LogP contribution in [0.2, 0.25) is 0 Å². The lowest BCUT2D eigenvalue weighted by atomic mass is 10.4. The van der Waals surface area contributed by atoms with E-state index in [9.17, 15) is 8.42 Å². The summed E-state index contributed by atoms with van der Waals surface area (Å²) in [5.74, 6) is 0.782. The Morgan fingerprint density at radius 3 is 2.74 bits per heavy atom. The molecular weight excluding hydrogens is 286 g/mol. The van der Waals surface area contributed by atoms with Crippen molar-refractivity contribution in [3.8, 4) is 10.7 Å². The molecule has 0 aromatic carbocycles. The van der Waals surface area contributed by atoms with E-state index in [2.05, 4.69) is 10.1 Å². The molecule has 0 aliphatic carbocycles. The normalized spacial score (nSPS) is 12.5. The lowest BCUT2D eigenvalue weighted by Gasteiger charge is -2.21. The summed E-state index contributed by atoms with van der Waals surface area (Å²) in [7, 11) is -3.30. The molecule has 2 rings (SSSR count). The van der Waals surface area contributed by atoms with Crippen molar-refractivity contribution >= 4 is 21.4 Å². The van der Waals surface area contributed by atoms with Gasteiger partial charge in [0.15, 0.2) is 0 Å². The number of thiophene rings is 1. The number of hydrogen-bond donors (Lipinski definition) is 0. The predicted octanol–water partition coefficient (Wildman–Crippen LogP) is 1.97. The molecule has 2 aromatic rings. The first kappa shape index (κ1) is 14.2. The highest BCUT2D eigenvalue weighted by molar-refractivity contribution is 7.88. The van der Waals surface area contributed by atoms with Gasteiger partial charge in [0.25, 0.3) is 0 Å².